The highest BCUT2D eigenvalue weighted by atomic mass is 35.6. The van der Waals surface area contributed by atoms with E-state index in [2.05, 4.69) is 4.99 Å². The number of alkyl halides is 3. The van der Waals surface area contributed by atoms with Crippen LogP contribution in [0.2, 0.25) is 0 Å². The fourth-order valence-corrected chi connectivity index (χ4v) is 2.04. The van der Waals surface area contributed by atoms with Crippen molar-refractivity contribution in [2.45, 2.75) is 10.0 Å². The first-order valence-electron chi connectivity index (χ1n) is 6.19. The molecular formula is C13H15Cl3N2O2. The van der Waals surface area contributed by atoms with Gasteiger partial charge in [-0.1, -0.05) is 65.1 Å². The van der Waals surface area contributed by atoms with Gasteiger partial charge in [0.25, 0.3) is 0 Å². The second-order valence-corrected chi connectivity index (χ2v) is 6.70. The van der Waals surface area contributed by atoms with Crippen molar-refractivity contribution in [3.63, 3.8) is 0 Å². The minimum Gasteiger partial charge on any atom is -0.378 e. The molecule has 1 N–H and O–H groups in total. The van der Waals surface area contributed by atoms with Gasteiger partial charge < -0.3 is 14.7 Å². The molecule has 0 aromatic heterocycles. The van der Waals surface area contributed by atoms with E-state index in [4.69, 9.17) is 39.5 Å². The van der Waals surface area contributed by atoms with Gasteiger partial charge in [-0.25, -0.2) is 4.99 Å². The molecule has 110 valence electrons. The molecule has 0 bridgehead atoms. The summed E-state index contributed by atoms with van der Waals surface area (Å²) < 4.78 is 3.47. The van der Waals surface area contributed by atoms with E-state index in [-0.39, 0.29) is 0 Å². The van der Waals surface area contributed by atoms with E-state index in [9.17, 15) is 5.11 Å². The smallest absolute Gasteiger partial charge is 0.236 e. The molecule has 1 aliphatic heterocycles. The lowest BCUT2D eigenvalue weighted by molar-refractivity contribution is 0.0672. The fraction of sp³-hybridized carbons (Fsp3) is 0.462. The van der Waals surface area contributed by atoms with E-state index in [0.717, 1.165) is 5.56 Å². The summed E-state index contributed by atoms with van der Waals surface area (Å²) in [7, 11) is 0. The molecule has 1 saturated heterocycles. The van der Waals surface area contributed by atoms with Gasteiger partial charge in [0.15, 0.2) is 6.23 Å². The van der Waals surface area contributed by atoms with Gasteiger partial charge in [0.05, 0.1) is 13.2 Å². The maximum absolute atomic E-state index is 9.91. The maximum atomic E-state index is 9.91. The van der Waals surface area contributed by atoms with Crippen LogP contribution in [0.15, 0.2) is 35.3 Å². The van der Waals surface area contributed by atoms with Gasteiger partial charge in [0.2, 0.25) is 3.79 Å². The number of aliphatic hydroxyl groups is 1. The number of rotatable bonds is 2. The minimum absolute atomic E-state index is 0.604. The van der Waals surface area contributed by atoms with Crippen LogP contribution in [-0.4, -0.2) is 52.2 Å². The zero-order chi connectivity index (χ0) is 14.6. The number of nitrogens with zero attached hydrogens (tertiary/aromatic N) is 2. The second-order valence-electron chi connectivity index (χ2n) is 4.33. The molecule has 0 radical (unpaired) electrons. The Morgan fingerprint density at radius 2 is 1.80 bits per heavy atom. The average Bonchev–Trinajstić information content (AvgIpc) is 2.45. The van der Waals surface area contributed by atoms with E-state index in [0.29, 0.717) is 32.1 Å². The largest absolute Gasteiger partial charge is 0.378 e. The highest BCUT2D eigenvalue weighted by molar-refractivity contribution is 6.68. The van der Waals surface area contributed by atoms with E-state index in [1.54, 1.807) is 0 Å². The molecule has 7 heteroatoms. The Labute approximate surface area is 132 Å². The molecule has 1 aliphatic rings. The fourth-order valence-electron chi connectivity index (χ4n) is 1.89. The van der Waals surface area contributed by atoms with Gasteiger partial charge in [-0.05, 0) is 0 Å². The molecule has 0 amide bonds. The van der Waals surface area contributed by atoms with Crippen molar-refractivity contribution in [2.24, 2.45) is 4.99 Å². The van der Waals surface area contributed by atoms with E-state index in [1.807, 2.05) is 35.2 Å². The van der Waals surface area contributed by atoms with Crippen LogP contribution in [-0.2, 0) is 4.74 Å². The summed E-state index contributed by atoms with van der Waals surface area (Å²) in [6.07, 6.45) is -1.43. The standard InChI is InChI=1S/C13H15Cl3N2O2/c14-13(15,16)12(19)17-11(10-4-2-1-3-5-10)18-6-8-20-9-7-18/h1-5,12,19H,6-9H2/b17-11+. The van der Waals surface area contributed by atoms with Crippen LogP contribution < -0.4 is 0 Å². The highest BCUT2D eigenvalue weighted by Crippen LogP contribution is 2.31. The Balaban J connectivity index is 2.31. The van der Waals surface area contributed by atoms with Crippen molar-refractivity contribution < 1.29 is 9.84 Å². The third-order valence-electron chi connectivity index (χ3n) is 2.88. The molecule has 1 heterocycles. The first-order chi connectivity index (χ1) is 9.48. The molecule has 20 heavy (non-hydrogen) atoms. The first kappa shape index (κ1) is 15.9. The van der Waals surface area contributed by atoms with Gasteiger partial charge in [0.1, 0.15) is 5.84 Å². The van der Waals surface area contributed by atoms with Crippen molar-refractivity contribution in [3.8, 4) is 0 Å². The zero-order valence-corrected chi connectivity index (χ0v) is 12.9. The van der Waals surface area contributed by atoms with Crippen molar-refractivity contribution in [1.82, 2.24) is 4.90 Å². The maximum Gasteiger partial charge on any atom is 0.236 e. The molecule has 0 spiro atoms. The van der Waals surface area contributed by atoms with Crippen LogP contribution in [0.25, 0.3) is 0 Å². The monoisotopic (exact) mass is 336 g/mol. The summed E-state index contributed by atoms with van der Waals surface area (Å²) in [6.45, 7) is 2.58. The van der Waals surface area contributed by atoms with E-state index >= 15 is 0 Å². The molecule has 0 aliphatic carbocycles. The molecule has 1 fully saturated rings. The van der Waals surface area contributed by atoms with E-state index < -0.39 is 10.0 Å². The molecule has 1 unspecified atom stereocenters. The average molecular weight is 338 g/mol. The van der Waals surface area contributed by atoms with Gasteiger partial charge in [-0.2, -0.15) is 0 Å². The third-order valence-corrected chi connectivity index (χ3v) is 3.47. The quantitative estimate of drug-likeness (QED) is 0.512. The first-order valence-corrected chi connectivity index (χ1v) is 7.32. The Morgan fingerprint density at radius 1 is 1.20 bits per heavy atom. The lowest BCUT2D eigenvalue weighted by atomic mass is 10.2. The summed E-state index contributed by atoms with van der Waals surface area (Å²) >= 11 is 17.1. The van der Waals surface area contributed by atoms with Gasteiger partial charge in [-0.3, -0.25) is 0 Å². The Morgan fingerprint density at radius 3 is 2.35 bits per heavy atom. The van der Waals surface area contributed by atoms with Gasteiger partial charge in [0, 0.05) is 18.7 Å². The molecule has 1 aromatic carbocycles. The number of hydrogen-bond acceptors (Lipinski definition) is 3. The van der Waals surface area contributed by atoms with Gasteiger partial charge in [-0.15, -0.1) is 0 Å². The molecule has 1 aromatic rings. The molecule has 4 nitrogen and oxygen atoms in total. The predicted molar refractivity (Wildman–Crippen MR) is 81.7 cm³/mol. The Kier molecular flexibility index (Phi) is 5.52. The number of aliphatic hydroxyl groups excluding tert-OH is 1. The van der Waals surface area contributed by atoms with Crippen molar-refractivity contribution in [1.29, 1.82) is 0 Å². The van der Waals surface area contributed by atoms with Crippen molar-refractivity contribution in [3.05, 3.63) is 35.9 Å². The minimum atomic E-state index is -1.85. The summed E-state index contributed by atoms with van der Waals surface area (Å²) in [5.41, 5.74) is 0.864. The summed E-state index contributed by atoms with van der Waals surface area (Å²) in [6, 6.07) is 9.50. The molecular weight excluding hydrogens is 323 g/mol. The predicted octanol–water partition coefficient (Wildman–Crippen LogP) is 2.45. The summed E-state index contributed by atoms with van der Waals surface area (Å²) in [5, 5.41) is 9.91. The molecule has 0 saturated carbocycles. The van der Waals surface area contributed by atoms with Crippen LogP contribution in [0.3, 0.4) is 0 Å². The zero-order valence-electron chi connectivity index (χ0n) is 10.7. The Bertz CT molecular complexity index is 456. The van der Waals surface area contributed by atoms with Gasteiger partial charge >= 0.3 is 0 Å². The lowest BCUT2D eigenvalue weighted by Gasteiger charge is -2.31. The van der Waals surface area contributed by atoms with Crippen molar-refractivity contribution in [2.75, 3.05) is 26.3 Å². The SMILES string of the molecule is OC(/N=C(\c1ccccc1)N1CCOCC1)C(Cl)(Cl)Cl. The molecule has 2 rings (SSSR count). The normalized spacial score (nSPS) is 19.0. The lowest BCUT2D eigenvalue weighted by Crippen LogP contribution is -2.42. The summed E-state index contributed by atoms with van der Waals surface area (Å²) in [5.74, 6) is 0.604. The highest BCUT2D eigenvalue weighted by Gasteiger charge is 2.32. The Hall–Kier alpha value is -0.520. The van der Waals surface area contributed by atoms with Crippen LogP contribution in [0.5, 0.6) is 0 Å². The third kappa shape index (κ3) is 4.24. The number of hydrogen-bond donors (Lipinski definition) is 1. The number of halogens is 3. The summed E-state index contributed by atoms with van der Waals surface area (Å²) in [4.78, 5) is 6.20. The van der Waals surface area contributed by atoms with Crippen LogP contribution in [0, 0.1) is 0 Å². The van der Waals surface area contributed by atoms with E-state index in [1.165, 1.54) is 0 Å². The van der Waals surface area contributed by atoms with Crippen LogP contribution in [0.4, 0.5) is 0 Å². The second kappa shape index (κ2) is 6.96. The van der Waals surface area contributed by atoms with Crippen molar-refractivity contribution >= 4 is 40.6 Å². The number of amidine groups is 1. The van der Waals surface area contributed by atoms with Crippen LogP contribution >= 0.6 is 34.8 Å². The number of aliphatic imine (C=N–C) groups is 1. The number of morpholine rings is 1. The number of ether oxygens (including phenoxy) is 1. The van der Waals surface area contributed by atoms with Crippen LogP contribution in [0.1, 0.15) is 5.56 Å². The topological polar surface area (TPSA) is 45.1 Å². The molecule has 1 atom stereocenters. The number of benzene rings is 1.